The lowest BCUT2D eigenvalue weighted by Gasteiger charge is -2.17. The molecule has 0 N–H and O–H groups in total. The standard InChI is InChI=1S/C19H21NO4S2/c1-12-5-6-15-14(9-16(21)24-18(15)13(12)2)10-23-17(22)11-26-19(25)20-7-3-4-8-20/h5-6,9H,3-4,7-8,10-11H2,1-2H3. The Balaban J connectivity index is 1.64. The van der Waals surface area contributed by atoms with Crippen LogP contribution in [0.25, 0.3) is 11.0 Å². The summed E-state index contributed by atoms with van der Waals surface area (Å²) in [6, 6.07) is 5.24. The molecule has 0 atom stereocenters. The molecule has 1 saturated heterocycles. The Morgan fingerprint density at radius 1 is 1.31 bits per heavy atom. The fourth-order valence-electron chi connectivity index (χ4n) is 2.96. The van der Waals surface area contributed by atoms with Crippen LogP contribution in [-0.2, 0) is 16.1 Å². The van der Waals surface area contributed by atoms with Gasteiger partial charge in [-0.1, -0.05) is 36.1 Å². The number of rotatable bonds is 4. The number of esters is 1. The van der Waals surface area contributed by atoms with Crippen molar-refractivity contribution in [2.24, 2.45) is 0 Å². The molecule has 1 aromatic heterocycles. The van der Waals surface area contributed by atoms with Gasteiger partial charge in [-0.25, -0.2) is 4.79 Å². The Morgan fingerprint density at radius 2 is 2.04 bits per heavy atom. The highest BCUT2D eigenvalue weighted by Crippen LogP contribution is 2.24. The summed E-state index contributed by atoms with van der Waals surface area (Å²) in [4.78, 5) is 26.0. The van der Waals surface area contributed by atoms with Gasteiger partial charge in [-0.3, -0.25) is 4.79 Å². The highest BCUT2D eigenvalue weighted by atomic mass is 32.2. The van der Waals surface area contributed by atoms with Crippen LogP contribution in [0.1, 0.15) is 29.5 Å². The Kier molecular flexibility index (Phi) is 5.98. The van der Waals surface area contributed by atoms with Gasteiger partial charge in [-0.15, -0.1) is 0 Å². The minimum atomic E-state index is -0.443. The highest BCUT2D eigenvalue weighted by Gasteiger charge is 2.17. The van der Waals surface area contributed by atoms with Gasteiger partial charge in [0.15, 0.2) is 0 Å². The maximum Gasteiger partial charge on any atom is 0.336 e. The van der Waals surface area contributed by atoms with Crippen molar-refractivity contribution in [3.8, 4) is 0 Å². The zero-order valence-corrected chi connectivity index (χ0v) is 16.5. The minimum Gasteiger partial charge on any atom is -0.460 e. The van der Waals surface area contributed by atoms with Crippen LogP contribution >= 0.6 is 24.0 Å². The second-order valence-corrected chi connectivity index (χ2v) is 7.99. The van der Waals surface area contributed by atoms with Crippen molar-refractivity contribution in [1.29, 1.82) is 0 Å². The number of carbonyl (C=O) groups excluding carboxylic acids is 1. The minimum absolute atomic E-state index is 0.0421. The number of fused-ring (bicyclic) bond motifs is 1. The van der Waals surface area contributed by atoms with Crippen molar-refractivity contribution >= 4 is 45.2 Å². The van der Waals surface area contributed by atoms with E-state index in [0.717, 1.165) is 46.8 Å². The lowest BCUT2D eigenvalue weighted by molar-refractivity contribution is -0.141. The summed E-state index contributed by atoms with van der Waals surface area (Å²) < 4.78 is 11.4. The molecule has 0 aliphatic carbocycles. The number of hydrogen-bond acceptors (Lipinski definition) is 6. The molecule has 0 bridgehead atoms. The van der Waals surface area contributed by atoms with Crippen LogP contribution < -0.4 is 5.63 Å². The first kappa shape index (κ1) is 18.9. The van der Waals surface area contributed by atoms with E-state index in [1.165, 1.54) is 17.8 Å². The van der Waals surface area contributed by atoms with E-state index >= 15 is 0 Å². The van der Waals surface area contributed by atoms with Gasteiger partial charge in [0.05, 0.1) is 5.75 Å². The van der Waals surface area contributed by atoms with Crippen LogP contribution in [0.2, 0.25) is 0 Å². The van der Waals surface area contributed by atoms with Gasteiger partial charge >= 0.3 is 11.6 Å². The van der Waals surface area contributed by atoms with Crippen LogP contribution in [0.4, 0.5) is 0 Å². The molecule has 0 amide bonds. The van der Waals surface area contributed by atoms with Crippen molar-refractivity contribution in [3.63, 3.8) is 0 Å². The molecule has 0 unspecified atom stereocenters. The molecule has 1 aromatic carbocycles. The molecular weight excluding hydrogens is 370 g/mol. The average Bonchev–Trinajstić information content (AvgIpc) is 3.16. The molecule has 5 nitrogen and oxygen atoms in total. The fourth-order valence-corrected chi connectivity index (χ4v) is 4.00. The lowest BCUT2D eigenvalue weighted by atomic mass is 10.0. The Morgan fingerprint density at radius 3 is 2.77 bits per heavy atom. The largest absolute Gasteiger partial charge is 0.460 e. The van der Waals surface area contributed by atoms with E-state index in [-0.39, 0.29) is 18.3 Å². The summed E-state index contributed by atoms with van der Waals surface area (Å²) in [5.74, 6) is -0.172. The SMILES string of the molecule is Cc1ccc2c(COC(=O)CSC(=S)N3CCCC3)cc(=O)oc2c1C. The quantitative estimate of drug-likeness (QED) is 0.449. The van der Waals surface area contributed by atoms with Gasteiger partial charge in [0.25, 0.3) is 0 Å². The molecule has 0 spiro atoms. The van der Waals surface area contributed by atoms with E-state index in [1.54, 1.807) is 0 Å². The van der Waals surface area contributed by atoms with Gasteiger partial charge in [0.2, 0.25) is 0 Å². The van der Waals surface area contributed by atoms with Crippen molar-refractivity contribution in [2.45, 2.75) is 33.3 Å². The molecular formula is C19H21NO4S2. The molecule has 7 heteroatoms. The summed E-state index contributed by atoms with van der Waals surface area (Å²) in [6.45, 7) is 5.84. The van der Waals surface area contributed by atoms with Crippen LogP contribution in [0.15, 0.2) is 27.4 Å². The summed E-state index contributed by atoms with van der Waals surface area (Å²) in [5, 5.41) is 0.792. The topological polar surface area (TPSA) is 59.8 Å². The normalized spacial score (nSPS) is 14.0. The van der Waals surface area contributed by atoms with Crippen molar-refractivity contribution in [3.05, 3.63) is 45.3 Å². The highest BCUT2D eigenvalue weighted by molar-refractivity contribution is 8.23. The molecule has 2 aromatic rings. The number of aryl methyl sites for hydroxylation is 2. The molecule has 26 heavy (non-hydrogen) atoms. The summed E-state index contributed by atoms with van der Waals surface area (Å²) in [5.41, 5.74) is 2.72. The van der Waals surface area contributed by atoms with Gasteiger partial charge < -0.3 is 14.1 Å². The summed E-state index contributed by atoms with van der Waals surface area (Å²) in [7, 11) is 0. The zero-order chi connectivity index (χ0) is 18.7. The number of benzene rings is 1. The first-order valence-corrected chi connectivity index (χ1v) is 9.95. The molecule has 0 saturated carbocycles. The number of thiocarbonyl (C=S) groups is 1. The number of hydrogen-bond donors (Lipinski definition) is 0. The Bertz CT molecular complexity index is 900. The van der Waals surface area contributed by atoms with Crippen LogP contribution in [0, 0.1) is 13.8 Å². The van der Waals surface area contributed by atoms with Crippen molar-refractivity contribution in [2.75, 3.05) is 18.8 Å². The summed E-state index contributed by atoms with van der Waals surface area (Å²) >= 11 is 6.67. The van der Waals surface area contributed by atoms with Gasteiger partial charge in [0.1, 0.15) is 16.5 Å². The third-order valence-corrected chi connectivity index (χ3v) is 6.08. The van der Waals surface area contributed by atoms with E-state index < -0.39 is 5.63 Å². The zero-order valence-electron chi connectivity index (χ0n) is 14.9. The number of ether oxygens (including phenoxy) is 1. The monoisotopic (exact) mass is 391 g/mol. The maximum absolute atomic E-state index is 12.1. The first-order chi connectivity index (χ1) is 12.5. The second-order valence-electron chi connectivity index (χ2n) is 6.38. The molecule has 3 rings (SSSR count). The van der Waals surface area contributed by atoms with Gasteiger partial charge in [-0.2, -0.15) is 0 Å². The van der Waals surface area contributed by atoms with Crippen molar-refractivity contribution < 1.29 is 13.9 Å². The third kappa shape index (κ3) is 4.27. The second kappa shape index (κ2) is 8.22. The smallest absolute Gasteiger partial charge is 0.336 e. The third-order valence-electron chi connectivity index (χ3n) is 4.58. The average molecular weight is 392 g/mol. The Hall–Kier alpha value is -1.86. The molecule has 1 aliphatic rings. The number of thioether (sulfide) groups is 1. The van der Waals surface area contributed by atoms with Crippen LogP contribution in [-0.4, -0.2) is 34.0 Å². The predicted molar refractivity (Wildman–Crippen MR) is 108 cm³/mol. The molecule has 138 valence electrons. The first-order valence-electron chi connectivity index (χ1n) is 8.56. The maximum atomic E-state index is 12.1. The number of nitrogens with zero attached hydrogens (tertiary/aromatic N) is 1. The summed E-state index contributed by atoms with van der Waals surface area (Å²) in [6.07, 6.45) is 2.29. The fraction of sp³-hybridized carbons (Fsp3) is 0.421. The lowest BCUT2D eigenvalue weighted by Crippen LogP contribution is -2.24. The Labute approximate surface area is 161 Å². The molecule has 1 fully saturated rings. The predicted octanol–water partition coefficient (Wildman–Crippen LogP) is 3.57. The molecule has 0 radical (unpaired) electrons. The van der Waals surface area contributed by atoms with E-state index in [2.05, 4.69) is 4.90 Å². The van der Waals surface area contributed by atoms with Gasteiger partial charge in [-0.05, 0) is 37.8 Å². The van der Waals surface area contributed by atoms with Crippen molar-refractivity contribution in [1.82, 2.24) is 4.90 Å². The van der Waals surface area contributed by atoms with E-state index in [9.17, 15) is 9.59 Å². The van der Waals surface area contributed by atoms with Crippen LogP contribution in [0.3, 0.4) is 0 Å². The molecule has 1 aliphatic heterocycles. The number of likely N-dealkylation sites (tertiary alicyclic amines) is 1. The van der Waals surface area contributed by atoms with Gasteiger partial charge in [0, 0.05) is 30.1 Å². The number of carbonyl (C=O) groups is 1. The molecule has 2 heterocycles. The van der Waals surface area contributed by atoms with E-state index in [0.29, 0.717) is 11.1 Å². The van der Waals surface area contributed by atoms with E-state index in [4.69, 9.17) is 21.4 Å². The van der Waals surface area contributed by atoms with E-state index in [1.807, 2.05) is 26.0 Å². The van der Waals surface area contributed by atoms with Crippen LogP contribution in [0.5, 0.6) is 0 Å².